The van der Waals surface area contributed by atoms with E-state index in [0.717, 1.165) is 15.7 Å². The van der Waals surface area contributed by atoms with Crippen molar-refractivity contribution < 1.29 is 29.2 Å². The van der Waals surface area contributed by atoms with Gasteiger partial charge in [0.15, 0.2) is 17.6 Å². The number of aromatic hydroxyl groups is 1. The minimum atomic E-state index is -1.18. The molecule has 0 spiro atoms. The second-order valence-corrected chi connectivity index (χ2v) is 10.2. The second kappa shape index (κ2) is 9.92. The topological polar surface area (TPSA) is 122 Å². The minimum Gasteiger partial charge on any atom is -0.503 e. The molecule has 0 bridgehead atoms. The van der Waals surface area contributed by atoms with Crippen LogP contribution in [0.5, 0.6) is 11.5 Å². The Bertz CT molecular complexity index is 1690. The van der Waals surface area contributed by atoms with Crippen molar-refractivity contribution in [3.8, 4) is 11.5 Å². The third-order valence-corrected chi connectivity index (χ3v) is 7.71. The Balaban J connectivity index is 1.50. The summed E-state index contributed by atoms with van der Waals surface area (Å²) in [6.45, 7) is 2.04. The number of non-ortho nitro benzene ring substituents is 1. The van der Waals surface area contributed by atoms with Gasteiger partial charge in [0.2, 0.25) is 5.91 Å². The van der Waals surface area contributed by atoms with Crippen molar-refractivity contribution in [1.29, 1.82) is 0 Å². The molecule has 40 heavy (non-hydrogen) atoms. The van der Waals surface area contributed by atoms with Gasteiger partial charge in [0.25, 0.3) is 11.6 Å². The summed E-state index contributed by atoms with van der Waals surface area (Å²) in [6.07, 6.45) is -1.18. The summed E-state index contributed by atoms with van der Waals surface area (Å²) in [7, 11) is 0. The lowest BCUT2D eigenvalue weighted by Gasteiger charge is -2.29. The number of phenols is 1. The van der Waals surface area contributed by atoms with Gasteiger partial charge in [0.05, 0.1) is 33.4 Å². The van der Waals surface area contributed by atoms with E-state index in [-0.39, 0.29) is 23.8 Å². The highest BCUT2D eigenvalue weighted by atomic mass is 79.9. The largest absolute Gasteiger partial charge is 0.503 e. The van der Waals surface area contributed by atoms with Gasteiger partial charge in [-0.15, -0.1) is 0 Å². The number of hydrogen-bond acceptors (Lipinski definition) is 8. The zero-order valence-electron chi connectivity index (χ0n) is 21.1. The molecule has 0 aromatic heterocycles. The molecular formula is C29H22BrN3O7. The Morgan fingerprint density at radius 2 is 1.77 bits per heavy atom. The zero-order valence-corrected chi connectivity index (χ0v) is 22.6. The van der Waals surface area contributed by atoms with Gasteiger partial charge in [-0.25, -0.2) is 9.96 Å². The molecule has 4 aromatic rings. The SMILES string of the molecule is CCOc1cc([C@H]2[C@H]3C(=O)N(c4cccc5ccccc45)C(=O)[C@@H]3ON2c2cccc([N+](=O)[O-])c2)cc(Br)c1O. The number of rotatable bonds is 6. The maximum atomic E-state index is 14.1. The number of fused-ring (bicyclic) bond motifs is 2. The van der Waals surface area contributed by atoms with E-state index < -0.39 is 34.8 Å². The first-order valence-corrected chi connectivity index (χ1v) is 13.3. The normalized spacial score (nSPS) is 20.3. The van der Waals surface area contributed by atoms with Crippen molar-refractivity contribution in [1.82, 2.24) is 0 Å². The fraction of sp³-hybridized carbons (Fsp3) is 0.172. The van der Waals surface area contributed by atoms with Crippen LogP contribution in [0.25, 0.3) is 10.8 Å². The van der Waals surface area contributed by atoms with Crippen molar-refractivity contribution in [3.05, 3.63) is 99.0 Å². The van der Waals surface area contributed by atoms with Crippen molar-refractivity contribution in [2.75, 3.05) is 16.6 Å². The van der Waals surface area contributed by atoms with Crippen LogP contribution in [0, 0.1) is 16.0 Å². The molecule has 0 radical (unpaired) electrons. The van der Waals surface area contributed by atoms with Gasteiger partial charge < -0.3 is 9.84 Å². The molecule has 2 saturated heterocycles. The molecule has 11 heteroatoms. The van der Waals surface area contributed by atoms with Crippen LogP contribution in [0.15, 0.2) is 83.3 Å². The molecule has 10 nitrogen and oxygen atoms in total. The number of halogens is 1. The van der Waals surface area contributed by atoms with Crippen molar-refractivity contribution >= 4 is 55.6 Å². The maximum Gasteiger partial charge on any atom is 0.271 e. The minimum absolute atomic E-state index is 0.117. The molecular weight excluding hydrogens is 582 g/mol. The quantitative estimate of drug-likeness (QED) is 0.170. The molecule has 2 aliphatic heterocycles. The van der Waals surface area contributed by atoms with Crippen LogP contribution >= 0.6 is 15.9 Å². The molecule has 2 aliphatic rings. The standard InChI is InChI=1S/C29H22BrN3O7/c1-2-39-23-14-17(13-21(30)26(23)34)25-24-27(40-32(25)18-9-6-10-19(15-18)33(37)38)29(36)31(28(24)35)22-12-5-8-16-7-3-4-11-20(16)22/h3-15,24-25,27,34H,2H2,1H3/t24-,25+,27-/m1/s1. The second-order valence-electron chi connectivity index (χ2n) is 9.39. The third-order valence-electron chi connectivity index (χ3n) is 7.11. The molecule has 3 atom stereocenters. The van der Waals surface area contributed by atoms with Gasteiger partial charge in [0, 0.05) is 17.5 Å². The molecule has 4 aromatic carbocycles. The molecule has 0 aliphatic carbocycles. The number of benzene rings is 4. The molecule has 2 fully saturated rings. The van der Waals surface area contributed by atoms with Crippen LogP contribution in [0.4, 0.5) is 17.1 Å². The van der Waals surface area contributed by atoms with Crippen LogP contribution < -0.4 is 14.7 Å². The number of ether oxygens (including phenoxy) is 1. The predicted molar refractivity (Wildman–Crippen MR) is 150 cm³/mol. The third kappa shape index (κ3) is 4.05. The van der Waals surface area contributed by atoms with Gasteiger partial charge in [-0.2, -0.15) is 0 Å². The number of hydroxylamine groups is 1. The highest BCUT2D eigenvalue weighted by Gasteiger charge is 2.60. The first kappa shape index (κ1) is 25.8. The first-order chi connectivity index (χ1) is 19.3. The van der Waals surface area contributed by atoms with E-state index in [1.54, 1.807) is 37.3 Å². The number of anilines is 2. The summed E-state index contributed by atoms with van der Waals surface area (Å²) in [4.78, 5) is 46.3. The Kier molecular flexibility index (Phi) is 6.40. The Hall–Kier alpha value is -4.48. The number of carbonyl (C=O) groups is 2. The number of carbonyl (C=O) groups excluding carboxylic acids is 2. The summed E-state index contributed by atoms with van der Waals surface area (Å²) in [5.74, 6) is -1.93. The lowest BCUT2D eigenvalue weighted by molar-refractivity contribution is -0.384. The predicted octanol–water partition coefficient (Wildman–Crippen LogP) is 5.67. The number of amides is 2. The summed E-state index contributed by atoms with van der Waals surface area (Å²) >= 11 is 3.36. The molecule has 0 unspecified atom stereocenters. The highest BCUT2D eigenvalue weighted by molar-refractivity contribution is 9.10. The molecule has 2 heterocycles. The first-order valence-electron chi connectivity index (χ1n) is 12.5. The summed E-state index contributed by atoms with van der Waals surface area (Å²) < 4.78 is 5.93. The fourth-order valence-corrected chi connectivity index (χ4v) is 5.85. The molecule has 1 N–H and O–H groups in total. The van der Waals surface area contributed by atoms with Gasteiger partial charge in [-0.1, -0.05) is 42.5 Å². The van der Waals surface area contributed by atoms with E-state index >= 15 is 0 Å². The monoisotopic (exact) mass is 603 g/mol. The van der Waals surface area contributed by atoms with E-state index in [0.29, 0.717) is 21.4 Å². The summed E-state index contributed by atoms with van der Waals surface area (Å²) in [5.41, 5.74) is 1.09. The number of phenolic OH excluding ortho intramolecular Hbond substituents is 1. The fourth-order valence-electron chi connectivity index (χ4n) is 5.39. The number of hydrogen-bond donors (Lipinski definition) is 1. The van der Waals surface area contributed by atoms with Crippen LogP contribution in [0.1, 0.15) is 18.5 Å². The van der Waals surface area contributed by atoms with E-state index in [4.69, 9.17) is 9.57 Å². The molecule has 6 rings (SSSR count). The van der Waals surface area contributed by atoms with Gasteiger partial charge >= 0.3 is 0 Å². The highest BCUT2D eigenvalue weighted by Crippen LogP contribution is 2.50. The van der Waals surface area contributed by atoms with E-state index in [1.165, 1.54) is 23.3 Å². The van der Waals surface area contributed by atoms with Gasteiger partial charge in [-0.3, -0.25) is 24.5 Å². The average Bonchev–Trinajstić information content (AvgIpc) is 3.46. The molecule has 0 saturated carbocycles. The molecule has 2 amide bonds. The van der Waals surface area contributed by atoms with Crippen LogP contribution in [0.3, 0.4) is 0 Å². The number of nitrogens with zero attached hydrogens (tertiary/aromatic N) is 3. The lowest BCUT2D eigenvalue weighted by Crippen LogP contribution is -2.37. The van der Waals surface area contributed by atoms with Crippen LogP contribution in [-0.2, 0) is 14.4 Å². The Labute approximate surface area is 236 Å². The Morgan fingerprint density at radius 3 is 2.55 bits per heavy atom. The van der Waals surface area contributed by atoms with Crippen molar-refractivity contribution in [3.63, 3.8) is 0 Å². The number of nitro groups is 1. The van der Waals surface area contributed by atoms with Gasteiger partial charge in [-0.05, 0) is 58.1 Å². The number of nitro benzene ring substituents is 1. The number of imide groups is 1. The van der Waals surface area contributed by atoms with Crippen LogP contribution in [0.2, 0.25) is 0 Å². The van der Waals surface area contributed by atoms with E-state index in [9.17, 15) is 24.8 Å². The van der Waals surface area contributed by atoms with E-state index in [2.05, 4.69) is 15.9 Å². The van der Waals surface area contributed by atoms with Crippen molar-refractivity contribution in [2.24, 2.45) is 5.92 Å². The Morgan fingerprint density at radius 1 is 1.02 bits per heavy atom. The zero-order chi connectivity index (χ0) is 28.1. The maximum absolute atomic E-state index is 14.1. The van der Waals surface area contributed by atoms with E-state index in [1.807, 2.05) is 30.3 Å². The molecule has 202 valence electrons. The summed E-state index contributed by atoms with van der Waals surface area (Å²) in [6, 6.07) is 21.0. The lowest BCUT2D eigenvalue weighted by atomic mass is 9.90. The van der Waals surface area contributed by atoms with Crippen molar-refractivity contribution in [2.45, 2.75) is 19.1 Å². The average molecular weight is 604 g/mol. The van der Waals surface area contributed by atoms with Crippen LogP contribution in [-0.4, -0.2) is 34.6 Å². The summed E-state index contributed by atoms with van der Waals surface area (Å²) in [5, 5.41) is 25.0. The van der Waals surface area contributed by atoms with Gasteiger partial charge in [0.1, 0.15) is 5.92 Å². The smallest absolute Gasteiger partial charge is 0.271 e.